The first-order valence-corrected chi connectivity index (χ1v) is 9.50. The Bertz CT molecular complexity index is 1110. The fourth-order valence-electron chi connectivity index (χ4n) is 3.02. The number of aromatic nitrogens is 3. The molecule has 0 aliphatic rings. The lowest BCUT2D eigenvalue weighted by Crippen LogP contribution is -2.28. The number of hydrogen-bond donors (Lipinski definition) is 2. The Labute approximate surface area is 159 Å². The number of nitrogens with one attached hydrogen (secondary N) is 2. The van der Waals surface area contributed by atoms with E-state index in [-0.39, 0.29) is 23.5 Å². The van der Waals surface area contributed by atoms with E-state index in [0.717, 1.165) is 27.4 Å². The van der Waals surface area contributed by atoms with Crippen molar-refractivity contribution in [1.82, 2.24) is 20.5 Å². The molecule has 136 valence electrons. The summed E-state index contributed by atoms with van der Waals surface area (Å²) in [6.07, 6.45) is 1.61. The molecule has 0 spiro atoms. The maximum absolute atomic E-state index is 13.5. The van der Waals surface area contributed by atoms with Crippen LogP contribution in [-0.2, 0) is 4.79 Å². The van der Waals surface area contributed by atoms with E-state index in [1.54, 1.807) is 12.3 Å². The Morgan fingerprint density at radius 1 is 1.22 bits per heavy atom. The maximum Gasteiger partial charge on any atom is 0.230 e. The molecule has 0 aliphatic carbocycles. The monoisotopic (exact) mass is 380 g/mol. The van der Waals surface area contributed by atoms with E-state index in [9.17, 15) is 9.18 Å². The van der Waals surface area contributed by atoms with E-state index < -0.39 is 0 Å². The van der Waals surface area contributed by atoms with Gasteiger partial charge < -0.3 is 10.3 Å². The predicted molar refractivity (Wildman–Crippen MR) is 105 cm³/mol. The topological polar surface area (TPSA) is 70.7 Å². The van der Waals surface area contributed by atoms with Crippen LogP contribution < -0.4 is 5.32 Å². The maximum atomic E-state index is 13.5. The Hall–Kier alpha value is -2.93. The first-order valence-electron chi connectivity index (χ1n) is 8.51. The zero-order valence-corrected chi connectivity index (χ0v) is 15.4. The van der Waals surface area contributed by atoms with Gasteiger partial charge in [0.2, 0.25) is 5.91 Å². The van der Waals surface area contributed by atoms with Crippen LogP contribution in [0.25, 0.3) is 21.8 Å². The molecule has 0 aliphatic heterocycles. The van der Waals surface area contributed by atoms with Crippen LogP contribution in [0.15, 0.2) is 59.8 Å². The van der Waals surface area contributed by atoms with Crippen molar-refractivity contribution in [3.63, 3.8) is 0 Å². The highest BCUT2D eigenvalue weighted by Gasteiger charge is 2.14. The standard InChI is InChI=1S/C20H17FN4OS/c1-12(13-5-3-2-4-6-13)23-18(26)11-27-20-19-16(10-22-25-20)15-9-14(21)7-8-17(15)24-19/h2-10,12,24H,11H2,1H3,(H,23,26)/t12-/m0/s1. The first-order chi connectivity index (χ1) is 13.1. The molecule has 0 bridgehead atoms. The number of benzene rings is 2. The Kier molecular flexibility index (Phi) is 4.77. The molecule has 5 nitrogen and oxygen atoms in total. The molecule has 2 heterocycles. The summed E-state index contributed by atoms with van der Waals surface area (Å²) in [6.45, 7) is 1.95. The quantitative estimate of drug-likeness (QED) is 0.509. The van der Waals surface area contributed by atoms with Crippen molar-refractivity contribution in [2.45, 2.75) is 18.0 Å². The summed E-state index contributed by atoms with van der Waals surface area (Å²) in [5.74, 6) is -0.171. The summed E-state index contributed by atoms with van der Waals surface area (Å²) >= 11 is 1.30. The van der Waals surface area contributed by atoms with Crippen molar-refractivity contribution in [3.8, 4) is 0 Å². The lowest BCUT2D eigenvalue weighted by Gasteiger charge is -2.13. The van der Waals surface area contributed by atoms with Gasteiger partial charge in [-0.05, 0) is 30.7 Å². The molecule has 2 aromatic heterocycles. The van der Waals surface area contributed by atoms with Crippen molar-refractivity contribution in [1.29, 1.82) is 0 Å². The number of carbonyl (C=O) groups is 1. The highest BCUT2D eigenvalue weighted by atomic mass is 32.2. The summed E-state index contributed by atoms with van der Waals surface area (Å²) in [6, 6.07) is 14.3. The molecule has 4 rings (SSSR count). The normalized spacial score (nSPS) is 12.4. The first kappa shape index (κ1) is 17.5. The number of fused-ring (bicyclic) bond motifs is 3. The Morgan fingerprint density at radius 2 is 2.04 bits per heavy atom. The molecule has 27 heavy (non-hydrogen) atoms. The molecule has 0 fully saturated rings. The lowest BCUT2D eigenvalue weighted by molar-refractivity contribution is -0.119. The summed E-state index contributed by atoms with van der Waals surface area (Å²) in [7, 11) is 0. The molecular weight excluding hydrogens is 363 g/mol. The SMILES string of the molecule is C[C@H](NC(=O)CSc1nncc2c1[nH]c1ccc(F)cc12)c1ccccc1. The molecular formula is C20H17FN4OS. The number of hydrogen-bond acceptors (Lipinski definition) is 4. The Balaban J connectivity index is 1.50. The van der Waals surface area contributed by atoms with Crippen LogP contribution in [0.1, 0.15) is 18.5 Å². The molecule has 0 saturated heterocycles. The third kappa shape index (κ3) is 3.64. The van der Waals surface area contributed by atoms with Gasteiger partial charge in [-0.25, -0.2) is 4.39 Å². The molecule has 2 aromatic carbocycles. The van der Waals surface area contributed by atoms with Crippen molar-refractivity contribution in [2.75, 3.05) is 5.75 Å². The van der Waals surface area contributed by atoms with E-state index in [2.05, 4.69) is 20.5 Å². The summed E-state index contributed by atoms with van der Waals surface area (Å²) in [5, 5.41) is 13.3. The predicted octanol–water partition coefficient (Wildman–Crippen LogP) is 4.22. The molecule has 1 amide bonds. The summed E-state index contributed by atoms with van der Waals surface area (Å²) < 4.78 is 13.5. The Morgan fingerprint density at radius 3 is 2.85 bits per heavy atom. The fraction of sp³-hybridized carbons (Fsp3) is 0.150. The number of rotatable bonds is 5. The van der Waals surface area contributed by atoms with Gasteiger partial charge in [-0.15, -0.1) is 5.10 Å². The van der Waals surface area contributed by atoms with Crippen LogP contribution >= 0.6 is 11.8 Å². The molecule has 2 N–H and O–H groups in total. The van der Waals surface area contributed by atoms with Crippen LogP contribution in [0.3, 0.4) is 0 Å². The second kappa shape index (κ2) is 7.36. The molecule has 1 atom stereocenters. The second-order valence-corrected chi connectivity index (χ2v) is 7.21. The van der Waals surface area contributed by atoms with Crippen LogP contribution in [0.2, 0.25) is 0 Å². The van der Waals surface area contributed by atoms with Crippen LogP contribution in [0.5, 0.6) is 0 Å². The van der Waals surface area contributed by atoms with E-state index in [0.29, 0.717) is 5.03 Å². The third-order valence-electron chi connectivity index (χ3n) is 4.37. The second-order valence-electron chi connectivity index (χ2n) is 6.24. The van der Waals surface area contributed by atoms with Gasteiger partial charge in [-0.1, -0.05) is 42.1 Å². The minimum absolute atomic E-state index is 0.0720. The van der Waals surface area contributed by atoms with Gasteiger partial charge in [0, 0.05) is 16.3 Å². The molecule has 0 unspecified atom stereocenters. The molecule has 4 aromatic rings. The van der Waals surface area contributed by atoms with E-state index in [1.807, 2.05) is 37.3 Å². The van der Waals surface area contributed by atoms with Gasteiger partial charge in [0.1, 0.15) is 10.8 Å². The number of thioether (sulfide) groups is 1. The van der Waals surface area contributed by atoms with Gasteiger partial charge >= 0.3 is 0 Å². The molecule has 0 radical (unpaired) electrons. The van der Waals surface area contributed by atoms with Crippen LogP contribution in [0, 0.1) is 5.82 Å². The van der Waals surface area contributed by atoms with E-state index in [4.69, 9.17) is 0 Å². The zero-order valence-electron chi connectivity index (χ0n) is 14.6. The number of H-pyrrole nitrogens is 1. The molecule has 0 saturated carbocycles. The highest BCUT2D eigenvalue weighted by Crippen LogP contribution is 2.30. The minimum atomic E-state index is -0.302. The minimum Gasteiger partial charge on any atom is -0.352 e. The summed E-state index contributed by atoms with van der Waals surface area (Å²) in [4.78, 5) is 15.6. The zero-order chi connectivity index (χ0) is 18.8. The van der Waals surface area contributed by atoms with E-state index >= 15 is 0 Å². The van der Waals surface area contributed by atoms with Gasteiger partial charge in [0.05, 0.1) is 23.5 Å². The van der Waals surface area contributed by atoms with Gasteiger partial charge in [0.25, 0.3) is 0 Å². The highest BCUT2D eigenvalue weighted by molar-refractivity contribution is 8.00. The number of nitrogens with zero attached hydrogens (tertiary/aromatic N) is 2. The largest absolute Gasteiger partial charge is 0.352 e. The van der Waals surface area contributed by atoms with Gasteiger partial charge in [-0.2, -0.15) is 5.10 Å². The van der Waals surface area contributed by atoms with Gasteiger partial charge in [0.15, 0.2) is 0 Å². The number of amides is 1. The van der Waals surface area contributed by atoms with Crippen LogP contribution in [0.4, 0.5) is 4.39 Å². The molecule has 7 heteroatoms. The average molecular weight is 380 g/mol. The van der Waals surface area contributed by atoms with Crippen molar-refractivity contribution < 1.29 is 9.18 Å². The average Bonchev–Trinajstić information content (AvgIpc) is 3.05. The summed E-state index contributed by atoms with van der Waals surface area (Å²) in [5.41, 5.74) is 2.63. The van der Waals surface area contributed by atoms with Crippen molar-refractivity contribution in [2.24, 2.45) is 0 Å². The fourth-order valence-corrected chi connectivity index (χ4v) is 3.78. The number of aromatic amines is 1. The number of halogens is 1. The third-order valence-corrected chi connectivity index (χ3v) is 5.33. The number of carbonyl (C=O) groups excluding carboxylic acids is 1. The smallest absolute Gasteiger partial charge is 0.230 e. The van der Waals surface area contributed by atoms with Crippen LogP contribution in [-0.4, -0.2) is 26.8 Å². The van der Waals surface area contributed by atoms with Crippen molar-refractivity contribution in [3.05, 3.63) is 66.1 Å². The lowest BCUT2D eigenvalue weighted by atomic mass is 10.1. The van der Waals surface area contributed by atoms with Crippen molar-refractivity contribution >= 4 is 39.5 Å². The van der Waals surface area contributed by atoms with E-state index in [1.165, 1.54) is 23.9 Å². The van der Waals surface area contributed by atoms with Gasteiger partial charge in [-0.3, -0.25) is 4.79 Å².